The Labute approximate surface area is 129 Å². The van der Waals surface area contributed by atoms with Gasteiger partial charge >= 0.3 is 6.09 Å². The zero-order valence-electron chi connectivity index (χ0n) is 11.9. The van der Waals surface area contributed by atoms with Gasteiger partial charge in [-0.2, -0.15) is 0 Å². The van der Waals surface area contributed by atoms with Crippen molar-refractivity contribution < 1.29 is 9.53 Å². The van der Waals surface area contributed by atoms with Crippen molar-refractivity contribution in [3.05, 3.63) is 58.6 Å². The molecule has 0 saturated heterocycles. The number of amides is 1. The summed E-state index contributed by atoms with van der Waals surface area (Å²) in [5.41, 5.74) is 3.73. The van der Waals surface area contributed by atoms with Gasteiger partial charge in [-0.25, -0.2) is 4.79 Å². The summed E-state index contributed by atoms with van der Waals surface area (Å²) in [6.45, 7) is 2.63. The average Bonchev–Trinajstić information content (AvgIpc) is 2.49. The molecule has 5 heteroatoms. The molecule has 110 valence electrons. The van der Waals surface area contributed by atoms with Crippen molar-refractivity contribution in [2.75, 3.05) is 17.7 Å². The van der Waals surface area contributed by atoms with E-state index in [1.165, 1.54) is 7.11 Å². The summed E-state index contributed by atoms with van der Waals surface area (Å²) in [5, 5.41) is 6.67. The number of methoxy groups -OCH3 is 1. The maximum absolute atomic E-state index is 11.2. The molecule has 21 heavy (non-hydrogen) atoms. The van der Waals surface area contributed by atoms with Gasteiger partial charge in [0.25, 0.3) is 0 Å². The van der Waals surface area contributed by atoms with E-state index in [0.717, 1.165) is 21.8 Å². The standard InChI is InChI=1S/C16H17ClN2O2/c1-11-6-7-12(8-15(11)17)10-18-13-4-3-5-14(9-13)19-16(20)21-2/h3-9,18H,10H2,1-2H3,(H,19,20). The molecule has 0 aromatic heterocycles. The van der Waals surface area contributed by atoms with Crippen LogP contribution in [0.2, 0.25) is 5.02 Å². The third-order valence-electron chi connectivity index (χ3n) is 3.03. The molecular formula is C16H17ClN2O2. The first kappa shape index (κ1) is 15.2. The highest BCUT2D eigenvalue weighted by Gasteiger charge is 2.02. The van der Waals surface area contributed by atoms with Crippen LogP contribution >= 0.6 is 11.6 Å². The van der Waals surface area contributed by atoms with Crippen LogP contribution in [-0.2, 0) is 11.3 Å². The summed E-state index contributed by atoms with van der Waals surface area (Å²) in [4.78, 5) is 11.2. The lowest BCUT2D eigenvalue weighted by Crippen LogP contribution is -2.11. The second kappa shape index (κ2) is 6.99. The second-order valence-electron chi connectivity index (χ2n) is 4.63. The molecule has 0 unspecified atom stereocenters. The second-order valence-corrected chi connectivity index (χ2v) is 5.04. The number of halogens is 1. The van der Waals surface area contributed by atoms with Crippen LogP contribution in [0, 0.1) is 6.92 Å². The maximum atomic E-state index is 11.2. The highest BCUT2D eigenvalue weighted by Crippen LogP contribution is 2.19. The van der Waals surface area contributed by atoms with Gasteiger partial charge in [-0.3, -0.25) is 5.32 Å². The van der Waals surface area contributed by atoms with Crippen molar-refractivity contribution in [3.63, 3.8) is 0 Å². The molecule has 0 saturated carbocycles. The Bertz CT molecular complexity index is 644. The van der Waals surface area contributed by atoms with Crippen LogP contribution in [-0.4, -0.2) is 13.2 Å². The van der Waals surface area contributed by atoms with E-state index in [9.17, 15) is 4.79 Å². The molecule has 0 fully saturated rings. The number of carbonyl (C=O) groups is 1. The fraction of sp³-hybridized carbons (Fsp3) is 0.188. The highest BCUT2D eigenvalue weighted by molar-refractivity contribution is 6.31. The number of rotatable bonds is 4. The molecule has 2 N–H and O–H groups in total. The van der Waals surface area contributed by atoms with Gasteiger partial charge in [0.05, 0.1) is 7.11 Å². The Morgan fingerprint density at radius 2 is 1.95 bits per heavy atom. The van der Waals surface area contributed by atoms with E-state index in [-0.39, 0.29) is 0 Å². The molecule has 2 aromatic rings. The zero-order chi connectivity index (χ0) is 15.2. The molecule has 2 aromatic carbocycles. The van der Waals surface area contributed by atoms with Crippen molar-refractivity contribution in [1.82, 2.24) is 0 Å². The zero-order valence-corrected chi connectivity index (χ0v) is 12.7. The first-order valence-corrected chi connectivity index (χ1v) is 6.90. The number of benzene rings is 2. The summed E-state index contributed by atoms with van der Waals surface area (Å²) in [5.74, 6) is 0. The minimum atomic E-state index is -0.488. The van der Waals surface area contributed by atoms with Crippen molar-refractivity contribution in [3.8, 4) is 0 Å². The number of carbonyl (C=O) groups excluding carboxylic acids is 1. The number of aryl methyl sites for hydroxylation is 1. The van der Waals surface area contributed by atoms with Crippen LogP contribution in [0.15, 0.2) is 42.5 Å². The Balaban J connectivity index is 2.01. The Morgan fingerprint density at radius 1 is 1.19 bits per heavy atom. The Kier molecular flexibility index (Phi) is 5.06. The van der Waals surface area contributed by atoms with Crippen molar-refractivity contribution in [2.24, 2.45) is 0 Å². The minimum Gasteiger partial charge on any atom is -0.453 e. The maximum Gasteiger partial charge on any atom is 0.411 e. The van der Waals surface area contributed by atoms with Gasteiger partial charge in [0.15, 0.2) is 0 Å². The molecule has 4 nitrogen and oxygen atoms in total. The van der Waals surface area contributed by atoms with E-state index in [4.69, 9.17) is 11.6 Å². The summed E-state index contributed by atoms with van der Waals surface area (Å²) in [6.07, 6.45) is -0.488. The molecule has 0 aliphatic heterocycles. The van der Waals surface area contributed by atoms with Gasteiger partial charge in [-0.05, 0) is 42.3 Å². The number of hydrogen-bond donors (Lipinski definition) is 2. The van der Waals surface area contributed by atoms with Crippen LogP contribution in [0.25, 0.3) is 0 Å². The lowest BCUT2D eigenvalue weighted by Gasteiger charge is -2.10. The van der Waals surface area contributed by atoms with E-state index in [2.05, 4.69) is 15.4 Å². The SMILES string of the molecule is COC(=O)Nc1cccc(NCc2ccc(C)c(Cl)c2)c1. The topological polar surface area (TPSA) is 50.4 Å². The average molecular weight is 305 g/mol. The third-order valence-corrected chi connectivity index (χ3v) is 3.43. The third kappa shape index (κ3) is 4.39. The molecule has 0 radical (unpaired) electrons. The molecule has 0 aliphatic rings. The lowest BCUT2D eigenvalue weighted by molar-refractivity contribution is 0.187. The summed E-state index contributed by atoms with van der Waals surface area (Å²) >= 11 is 6.10. The molecule has 0 spiro atoms. The van der Waals surface area contributed by atoms with E-state index >= 15 is 0 Å². The van der Waals surface area contributed by atoms with Gasteiger partial charge in [0.2, 0.25) is 0 Å². The molecule has 0 heterocycles. The van der Waals surface area contributed by atoms with Gasteiger partial charge in [0, 0.05) is 22.9 Å². The van der Waals surface area contributed by atoms with Gasteiger partial charge < -0.3 is 10.1 Å². The van der Waals surface area contributed by atoms with Gasteiger partial charge in [-0.1, -0.05) is 29.8 Å². The number of anilines is 2. The van der Waals surface area contributed by atoms with Crippen LogP contribution in [0.4, 0.5) is 16.2 Å². The van der Waals surface area contributed by atoms with Crippen LogP contribution < -0.4 is 10.6 Å². The van der Waals surface area contributed by atoms with E-state index < -0.39 is 6.09 Å². The highest BCUT2D eigenvalue weighted by atomic mass is 35.5. The predicted octanol–water partition coefficient (Wildman–Crippen LogP) is 4.44. The molecular weight excluding hydrogens is 288 g/mol. The van der Waals surface area contributed by atoms with Crippen LogP contribution in [0.3, 0.4) is 0 Å². The summed E-state index contributed by atoms with van der Waals surface area (Å²) < 4.78 is 4.56. The number of ether oxygens (including phenoxy) is 1. The fourth-order valence-electron chi connectivity index (χ4n) is 1.83. The van der Waals surface area contributed by atoms with E-state index in [1.807, 2.05) is 43.3 Å². The van der Waals surface area contributed by atoms with Crippen molar-refractivity contribution in [2.45, 2.75) is 13.5 Å². The van der Waals surface area contributed by atoms with Crippen LogP contribution in [0.5, 0.6) is 0 Å². The Morgan fingerprint density at radius 3 is 2.67 bits per heavy atom. The van der Waals surface area contributed by atoms with Gasteiger partial charge in [0.1, 0.15) is 0 Å². The first-order valence-electron chi connectivity index (χ1n) is 6.52. The van der Waals surface area contributed by atoms with Crippen molar-refractivity contribution in [1.29, 1.82) is 0 Å². The monoisotopic (exact) mass is 304 g/mol. The van der Waals surface area contributed by atoms with Crippen LogP contribution in [0.1, 0.15) is 11.1 Å². The normalized spacial score (nSPS) is 10.0. The molecule has 0 atom stereocenters. The number of nitrogens with one attached hydrogen (secondary N) is 2. The lowest BCUT2D eigenvalue weighted by atomic mass is 10.1. The quantitative estimate of drug-likeness (QED) is 0.878. The van der Waals surface area contributed by atoms with E-state index in [1.54, 1.807) is 6.07 Å². The number of hydrogen-bond acceptors (Lipinski definition) is 3. The predicted molar refractivity (Wildman–Crippen MR) is 86.0 cm³/mol. The van der Waals surface area contributed by atoms with Gasteiger partial charge in [-0.15, -0.1) is 0 Å². The largest absolute Gasteiger partial charge is 0.453 e. The molecule has 0 aliphatic carbocycles. The molecule has 2 rings (SSSR count). The Hall–Kier alpha value is -2.20. The first-order chi connectivity index (χ1) is 10.1. The minimum absolute atomic E-state index is 0.488. The molecule has 0 bridgehead atoms. The summed E-state index contributed by atoms with van der Waals surface area (Å²) in [6, 6.07) is 13.4. The van der Waals surface area contributed by atoms with Crippen molar-refractivity contribution >= 4 is 29.1 Å². The fourth-order valence-corrected chi connectivity index (χ4v) is 2.03. The smallest absolute Gasteiger partial charge is 0.411 e. The van der Waals surface area contributed by atoms with E-state index in [0.29, 0.717) is 12.2 Å². The summed E-state index contributed by atoms with van der Waals surface area (Å²) in [7, 11) is 1.33. The molecule has 1 amide bonds.